The van der Waals surface area contributed by atoms with Crippen molar-refractivity contribution in [3.8, 4) is 16.9 Å². The van der Waals surface area contributed by atoms with Crippen LogP contribution in [0.5, 0.6) is 0 Å². The first-order valence-electron chi connectivity index (χ1n) is 14.4. The molecule has 2 aliphatic heterocycles. The fourth-order valence-corrected chi connectivity index (χ4v) is 5.57. The number of aliphatic hydroxyl groups is 1. The Hall–Kier alpha value is -4.27. The molecule has 2 N–H and O–H groups in total. The van der Waals surface area contributed by atoms with E-state index in [1.165, 1.54) is 11.3 Å². The number of benzene rings is 3. The molecule has 1 saturated heterocycles. The standard InChI is InChI=1S/C33H36N6O2/c1-24-9-11-26(12-10-24)33-29(23-38(36-33)28-6-3-2-4-7-28)31-22-30(35-39(31)32(41)8-5-21-40)25-13-15-27(16-14-25)37-19-17-34-18-20-37/h2-4,6-7,9-16,23,31,34,40H,5,8,17-22H2,1H3. The first-order valence-corrected chi connectivity index (χ1v) is 14.4. The smallest absolute Gasteiger partial charge is 0.243 e. The van der Waals surface area contributed by atoms with Crippen LogP contribution in [-0.2, 0) is 4.79 Å². The van der Waals surface area contributed by atoms with Crippen molar-refractivity contribution < 1.29 is 9.90 Å². The van der Waals surface area contributed by atoms with Crippen LogP contribution >= 0.6 is 0 Å². The van der Waals surface area contributed by atoms with E-state index in [0.717, 1.165) is 60.0 Å². The minimum Gasteiger partial charge on any atom is -0.396 e. The number of hydrazone groups is 1. The summed E-state index contributed by atoms with van der Waals surface area (Å²) < 4.78 is 1.89. The van der Waals surface area contributed by atoms with Gasteiger partial charge in [-0.05, 0) is 43.2 Å². The van der Waals surface area contributed by atoms with Crippen LogP contribution in [0.3, 0.4) is 0 Å². The SMILES string of the molecule is Cc1ccc(-c2nn(-c3ccccc3)cc2C2CC(c3ccc(N4CCNCC4)cc3)=NN2C(=O)CCCO)cc1. The maximum Gasteiger partial charge on any atom is 0.243 e. The van der Waals surface area contributed by atoms with Gasteiger partial charge in [0.2, 0.25) is 5.91 Å². The first-order chi connectivity index (χ1) is 20.1. The van der Waals surface area contributed by atoms with Crippen LogP contribution in [0.1, 0.15) is 42.0 Å². The molecule has 41 heavy (non-hydrogen) atoms. The average Bonchev–Trinajstić information content (AvgIpc) is 3.67. The van der Waals surface area contributed by atoms with Crippen molar-refractivity contribution >= 4 is 17.3 Å². The number of hydrogen-bond donors (Lipinski definition) is 2. The van der Waals surface area contributed by atoms with E-state index in [4.69, 9.17) is 10.2 Å². The molecule has 0 spiro atoms. The zero-order valence-electron chi connectivity index (χ0n) is 23.4. The predicted molar refractivity (Wildman–Crippen MR) is 162 cm³/mol. The van der Waals surface area contributed by atoms with E-state index in [2.05, 4.69) is 65.7 Å². The van der Waals surface area contributed by atoms with Gasteiger partial charge in [0.15, 0.2) is 0 Å². The average molecular weight is 549 g/mol. The van der Waals surface area contributed by atoms with Gasteiger partial charge >= 0.3 is 0 Å². The molecule has 0 saturated carbocycles. The molecular formula is C33H36N6O2. The molecule has 0 radical (unpaired) electrons. The molecule has 1 atom stereocenters. The minimum atomic E-state index is -0.308. The summed E-state index contributed by atoms with van der Waals surface area (Å²) in [5.74, 6) is -0.0983. The summed E-state index contributed by atoms with van der Waals surface area (Å²) >= 11 is 0. The number of carbonyl (C=O) groups excluding carboxylic acids is 1. The number of piperazine rings is 1. The normalized spacial score (nSPS) is 17.1. The van der Waals surface area contributed by atoms with E-state index in [9.17, 15) is 9.90 Å². The summed E-state index contributed by atoms with van der Waals surface area (Å²) in [5, 5.41) is 24.4. The van der Waals surface area contributed by atoms with Crippen molar-refractivity contribution in [3.05, 3.63) is 102 Å². The first kappa shape index (κ1) is 26.9. The van der Waals surface area contributed by atoms with Crippen LogP contribution in [-0.4, -0.2) is 64.3 Å². The number of hydrogen-bond acceptors (Lipinski definition) is 6. The van der Waals surface area contributed by atoms with Gasteiger partial charge in [-0.25, -0.2) is 9.69 Å². The van der Waals surface area contributed by atoms with E-state index < -0.39 is 0 Å². The Balaban J connectivity index is 1.37. The summed E-state index contributed by atoms with van der Waals surface area (Å²) in [5.41, 5.74) is 8.00. The number of anilines is 1. The van der Waals surface area contributed by atoms with Crippen molar-refractivity contribution in [1.29, 1.82) is 0 Å². The maximum absolute atomic E-state index is 13.5. The van der Waals surface area contributed by atoms with E-state index >= 15 is 0 Å². The van der Waals surface area contributed by atoms with Gasteiger partial charge in [0.25, 0.3) is 0 Å². The highest BCUT2D eigenvalue weighted by molar-refractivity contribution is 6.03. The molecule has 3 aromatic carbocycles. The molecule has 1 fully saturated rings. The van der Waals surface area contributed by atoms with Gasteiger partial charge in [-0.15, -0.1) is 0 Å². The summed E-state index contributed by atoms with van der Waals surface area (Å²) in [7, 11) is 0. The van der Waals surface area contributed by atoms with E-state index in [-0.39, 0.29) is 25.0 Å². The molecule has 1 amide bonds. The van der Waals surface area contributed by atoms with Crippen molar-refractivity contribution in [3.63, 3.8) is 0 Å². The number of amides is 1. The second-order valence-electron chi connectivity index (χ2n) is 10.7. The highest BCUT2D eigenvalue weighted by Gasteiger charge is 2.36. The van der Waals surface area contributed by atoms with Gasteiger partial charge in [0, 0.05) is 68.6 Å². The minimum absolute atomic E-state index is 0.0329. The fourth-order valence-electron chi connectivity index (χ4n) is 5.57. The fraction of sp³-hybridized carbons (Fsp3) is 0.303. The van der Waals surface area contributed by atoms with Gasteiger partial charge in [-0.2, -0.15) is 10.2 Å². The quantitative estimate of drug-likeness (QED) is 0.333. The lowest BCUT2D eigenvalue weighted by Gasteiger charge is -2.29. The van der Waals surface area contributed by atoms with Crippen LogP contribution < -0.4 is 10.2 Å². The van der Waals surface area contributed by atoms with Gasteiger partial charge in [-0.3, -0.25) is 4.79 Å². The lowest BCUT2D eigenvalue weighted by Crippen LogP contribution is -2.43. The monoisotopic (exact) mass is 548 g/mol. The number of nitrogens with one attached hydrogen (secondary N) is 1. The van der Waals surface area contributed by atoms with Crippen molar-refractivity contribution in [2.45, 2.75) is 32.2 Å². The third kappa shape index (κ3) is 5.80. The Morgan fingerprint density at radius 3 is 2.34 bits per heavy atom. The van der Waals surface area contributed by atoms with E-state index in [1.54, 1.807) is 5.01 Å². The van der Waals surface area contributed by atoms with Crippen LogP contribution in [0.15, 0.2) is 90.2 Å². The Morgan fingerprint density at radius 2 is 1.63 bits per heavy atom. The predicted octanol–water partition coefficient (Wildman–Crippen LogP) is 4.71. The number of rotatable bonds is 8. The number of carbonyl (C=O) groups is 1. The second-order valence-corrected chi connectivity index (χ2v) is 10.7. The number of nitrogens with zero attached hydrogens (tertiary/aromatic N) is 5. The van der Waals surface area contributed by atoms with Crippen molar-refractivity contribution in [2.75, 3.05) is 37.7 Å². The van der Waals surface area contributed by atoms with Gasteiger partial charge in [0.05, 0.1) is 23.1 Å². The molecule has 2 aliphatic rings. The second kappa shape index (κ2) is 12.1. The Morgan fingerprint density at radius 1 is 0.927 bits per heavy atom. The summed E-state index contributed by atoms with van der Waals surface area (Å²) in [4.78, 5) is 15.8. The molecule has 1 unspecified atom stereocenters. The molecule has 8 heteroatoms. The van der Waals surface area contributed by atoms with Gasteiger partial charge < -0.3 is 15.3 Å². The number of aliphatic hydroxyl groups excluding tert-OH is 1. The van der Waals surface area contributed by atoms with Gasteiger partial charge in [-0.1, -0.05) is 60.2 Å². The number of aryl methyl sites for hydroxylation is 1. The van der Waals surface area contributed by atoms with Gasteiger partial charge in [0.1, 0.15) is 0 Å². The molecule has 4 aromatic rings. The van der Waals surface area contributed by atoms with Crippen LogP contribution in [0.2, 0.25) is 0 Å². The highest BCUT2D eigenvalue weighted by Crippen LogP contribution is 2.39. The van der Waals surface area contributed by atoms with Crippen LogP contribution in [0.25, 0.3) is 16.9 Å². The molecule has 210 valence electrons. The zero-order chi connectivity index (χ0) is 28.2. The Bertz CT molecular complexity index is 1510. The number of para-hydroxylation sites is 1. The molecule has 8 nitrogen and oxygen atoms in total. The topological polar surface area (TPSA) is 86.0 Å². The zero-order valence-corrected chi connectivity index (χ0v) is 23.4. The van der Waals surface area contributed by atoms with E-state index in [1.807, 2.05) is 41.2 Å². The molecule has 6 rings (SSSR count). The van der Waals surface area contributed by atoms with Crippen molar-refractivity contribution in [2.24, 2.45) is 5.10 Å². The molecule has 1 aromatic heterocycles. The largest absolute Gasteiger partial charge is 0.396 e. The molecular weight excluding hydrogens is 512 g/mol. The maximum atomic E-state index is 13.5. The molecule has 3 heterocycles. The lowest BCUT2D eigenvalue weighted by atomic mass is 9.96. The number of aromatic nitrogens is 2. The summed E-state index contributed by atoms with van der Waals surface area (Å²) in [6.07, 6.45) is 3.25. The highest BCUT2D eigenvalue weighted by atomic mass is 16.3. The summed E-state index contributed by atoms with van der Waals surface area (Å²) in [6.45, 7) is 5.99. The van der Waals surface area contributed by atoms with E-state index in [0.29, 0.717) is 12.8 Å². The summed E-state index contributed by atoms with van der Waals surface area (Å²) in [6, 6.07) is 26.6. The van der Waals surface area contributed by atoms with Crippen LogP contribution in [0.4, 0.5) is 5.69 Å². The third-order valence-corrected chi connectivity index (χ3v) is 7.84. The molecule has 0 aliphatic carbocycles. The lowest BCUT2D eigenvalue weighted by molar-refractivity contribution is -0.133. The molecule has 0 bridgehead atoms. The van der Waals surface area contributed by atoms with Crippen LogP contribution in [0, 0.1) is 6.92 Å². The third-order valence-electron chi connectivity index (χ3n) is 7.84. The Labute approximate surface area is 240 Å². The van der Waals surface area contributed by atoms with Crippen molar-refractivity contribution in [1.82, 2.24) is 20.1 Å². The Kier molecular flexibility index (Phi) is 7.93.